The molecule has 0 aliphatic carbocycles. The zero-order valence-corrected chi connectivity index (χ0v) is 14.9. The summed E-state index contributed by atoms with van der Waals surface area (Å²) >= 11 is 0. The molecule has 1 unspecified atom stereocenters. The van der Waals surface area contributed by atoms with Gasteiger partial charge in [-0.1, -0.05) is 44.2 Å². The number of hydrogen-bond donors (Lipinski definition) is 2. The van der Waals surface area contributed by atoms with E-state index >= 15 is 0 Å². The maximum atomic E-state index is 12.2. The number of carbonyl (C=O) groups is 1. The van der Waals surface area contributed by atoms with Crippen LogP contribution in [0.4, 0.5) is 5.69 Å². The Morgan fingerprint density at radius 2 is 1.72 bits per heavy atom. The van der Waals surface area contributed by atoms with E-state index in [0.717, 1.165) is 30.9 Å². The number of amides is 1. The van der Waals surface area contributed by atoms with Gasteiger partial charge in [0.1, 0.15) is 18.4 Å². The van der Waals surface area contributed by atoms with Crippen LogP contribution < -0.4 is 15.8 Å². The summed E-state index contributed by atoms with van der Waals surface area (Å²) in [7, 11) is 0. The van der Waals surface area contributed by atoms with Crippen LogP contribution in [0, 0.1) is 0 Å². The van der Waals surface area contributed by atoms with Gasteiger partial charge in [-0.3, -0.25) is 4.79 Å². The standard InChI is InChI=1S/C20H27N3O2/c1-3-23(4-2)14-15-25-18-12-10-17(11-13-18)22-20(24)19(21)16-8-6-5-7-9-16/h5-13,19H,3-4,14-15,21H2,1-2H3,(H,22,24). The van der Waals surface area contributed by atoms with Crippen LogP contribution in [-0.4, -0.2) is 37.0 Å². The van der Waals surface area contributed by atoms with Crippen LogP contribution in [0.5, 0.6) is 5.75 Å². The van der Waals surface area contributed by atoms with E-state index in [1.54, 1.807) is 0 Å². The molecule has 3 N–H and O–H groups in total. The van der Waals surface area contributed by atoms with E-state index in [9.17, 15) is 4.79 Å². The van der Waals surface area contributed by atoms with Crippen LogP contribution in [0.25, 0.3) is 0 Å². The van der Waals surface area contributed by atoms with Crippen molar-refractivity contribution in [3.63, 3.8) is 0 Å². The van der Waals surface area contributed by atoms with Crippen LogP contribution in [0.3, 0.4) is 0 Å². The molecular weight excluding hydrogens is 314 g/mol. The number of anilines is 1. The van der Waals surface area contributed by atoms with E-state index in [4.69, 9.17) is 10.5 Å². The Balaban J connectivity index is 1.84. The topological polar surface area (TPSA) is 67.6 Å². The van der Waals surface area contributed by atoms with E-state index in [1.165, 1.54) is 0 Å². The Labute approximate surface area is 149 Å². The second kappa shape index (κ2) is 9.81. The first-order valence-corrected chi connectivity index (χ1v) is 8.70. The fraction of sp³-hybridized carbons (Fsp3) is 0.350. The van der Waals surface area contributed by atoms with Gasteiger partial charge in [-0.15, -0.1) is 0 Å². The molecular formula is C20H27N3O2. The molecule has 2 rings (SSSR count). The summed E-state index contributed by atoms with van der Waals surface area (Å²) in [6.07, 6.45) is 0. The molecule has 2 aromatic rings. The van der Waals surface area contributed by atoms with Gasteiger partial charge in [0.25, 0.3) is 0 Å². The highest BCUT2D eigenvalue weighted by atomic mass is 16.5. The Kier molecular flexibility index (Phi) is 7.44. The van der Waals surface area contributed by atoms with Crippen molar-refractivity contribution in [2.24, 2.45) is 5.73 Å². The average molecular weight is 341 g/mol. The first kappa shape index (κ1) is 19.0. The predicted octanol–water partition coefficient (Wildman–Crippen LogP) is 3.05. The summed E-state index contributed by atoms with van der Waals surface area (Å²) in [6, 6.07) is 16.0. The molecule has 1 amide bonds. The van der Waals surface area contributed by atoms with Crippen LogP contribution in [0.1, 0.15) is 25.5 Å². The van der Waals surface area contributed by atoms with Crippen molar-refractivity contribution >= 4 is 11.6 Å². The van der Waals surface area contributed by atoms with Gasteiger partial charge in [-0.25, -0.2) is 0 Å². The van der Waals surface area contributed by atoms with E-state index in [0.29, 0.717) is 12.3 Å². The third kappa shape index (κ3) is 5.89. The summed E-state index contributed by atoms with van der Waals surface area (Å²) in [4.78, 5) is 14.5. The second-order valence-corrected chi connectivity index (χ2v) is 5.78. The molecule has 0 fully saturated rings. The number of rotatable bonds is 9. The number of nitrogens with one attached hydrogen (secondary N) is 1. The van der Waals surface area contributed by atoms with E-state index in [2.05, 4.69) is 24.1 Å². The highest BCUT2D eigenvalue weighted by Crippen LogP contribution is 2.18. The van der Waals surface area contributed by atoms with Crippen molar-refractivity contribution in [3.8, 4) is 5.75 Å². The maximum absolute atomic E-state index is 12.2. The van der Waals surface area contributed by atoms with Crippen molar-refractivity contribution in [2.45, 2.75) is 19.9 Å². The average Bonchev–Trinajstić information content (AvgIpc) is 2.66. The van der Waals surface area contributed by atoms with Crippen LogP contribution >= 0.6 is 0 Å². The quantitative estimate of drug-likeness (QED) is 0.736. The summed E-state index contributed by atoms with van der Waals surface area (Å²) in [5.74, 6) is 0.555. The minimum Gasteiger partial charge on any atom is -0.492 e. The molecule has 0 saturated heterocycles. The second-order valence-electron chi connectivity index (χ2n) is 5.78. The van der Waals surface area contributed by atoms with Gasteiger partial charge in [-0.05, 0) is 42.9 Å². The number of ether oxygens (including phenoxy) is 1. The number of benzene rings is 2. The van der Waals surface area contributed by atoms with Crippen molar-refractivity contribution in [1.82, 2.24) is 4.90 Å². The molecule has 0 aromatic heterocycles. The molecule has 0 aliphatic heterocycles. The van der Waals surface area contributed by atoms with Crippen molar-refractivity contribution in [1.29, 1.82) is 0 Å². The van der Waals surface area contributed by atoms with Crippen molar-refractivity contribution in [3.05, 3.63) is 60.2 Å². The minimum atomic E-state index is -0.689. The highest BCUT2D eigenvalue weighted by molar-refractivity contribution is 5.95. The Hall–Kier alpha value is -2.37. The molecule has 0 saturated carbocycles. The Morgan fingerprint density at radius 1 is 1.08 bits per heavy atom. The minimum absolute atomic E-state index is 0.235. The van der Waals surface area contributed by atoms with Gasteiger partial charge in [0.05, 0.1) is 0 Å². The van der Waals surface area contributed by atoms with Crippen LogP contribution in [0.2, 0.25) is 0 Å². The third-order valence-corrected chi connectivity index (χ3v) is 4.13. The molecule has 134 valence electrons. The fourth-order valence-corrected chi connectivity index (χ4v) is 2.50. The van der Waals surface area contributed by atoms with Gasteiger partial charge in [0.15, 0.2) is 0 Å². The molecule has 1 atom stereocenters. The van der Waals surface area contributed by atoms with Gasteiger partial charge in [0, 0.05) is 12.2 Å². The molecule has 0 heterocycles. The predicted molar refractivity (Wildman–Crippen MR) is 102 cm³/mol. The van der Waals surface area contributed by atoms with Crippen molar-refractivity contribution in [2.75, 3.05) is 31.6 Å². The van der Waals surface area contributed by atoms with E-state index in [1.807, 2.05) is 54.6 Å². The zero-order valence-electron chi connectivity index (χ0n) is 14.9. The first-order valence-electron chi connectivity index (χ1n) is 8.70. The molecule has 5 nitrogen and oxygen atoms in total. The van der Waals surface area contributed by atoms with Gasteiger partial charge < -0.3 is 20.7 Å². The SMILES string of the molecule is CCN(CC)CCOc1ccc(NC(=O)C(N)c2ccccc2)cc1. The lowest BCUT2D eigenvalue weighted by Crippen LogP contribution is -2.28. The number of nitrogens with two attached hydrogens (primary N) is 1. The summed E-state index contributed by atoms with van der Waals surface area (Å²) < 4.78 is 5.74. The molecule has 0 aliphatic rings. The first-order chi connectivity index (χ1) is 12.1. The molecule has 0 radical (unpaired) electrons. The molecule has 25 heavy (non-hydrogen) atoms. The Bertz CT molecular complexity index is 640. The van der Waals surface area contributed by atoms with Crippen LogP contribution in [-0.2, 0) is 4.79 Å². The smallest absolute Gasteiger partial charge is 0.245 e. The van der Waals surface area contributed by atoms with E-state index in [-0.39, 0.29) is 5.91 Å². The van der Waals surface area contributed by atoms with Crippen LogP contribution in [0.15, 0.2) is 54.6 Å². The normalized spacial score (nSPS) is 12.0. The molecule has 0 spiro atoms. The summed E-state index contributed by atoms with van der Waals surface area (Å²) in [5, 5.41) is 2.83. The monoisotopic (exact) mass is 341 g/mol. The van der Waals surface area contributed by atoms with Gasteiger partial charge in [0.2, 0.25) is 5.91 Å². The molecule has 2 aromatic carbocycles. The Morgan fingerprint density at radius 3 is 2.32 bits per heavy atom. The largest absolute Gasteiger partial charge is 0.492 e. The number of carbonyl (C=O) groups excluding carboxylic acids is 1. The highest BCUT2D eigenvalue weighted by Gasteiger charge is 2.15. The lowest BCUT2D eigenvalue weighted by atomic mass is 10.1. The van der Waals surface area contributed by atoms with Crippen molar-refractivity contribution < 1.29 is 9.53 Å². The lowest BCUT2D eigenvalue weighted by molar-refractivity contribution is -0.117. The van der Waals surface area contributed by atoms with E-state index < -0.39 is 6.04 Å². The number of nitrogens with zero attached hydrogens (tertiary/aromatic N) is 1. The maximum Gasteiger partial charge on any atom is 0.245 e. The molecule has 5 heteroatoms. The number of hydrogen-bond acceptors (Lipinski definition) is 4. The fourth-order valence-electron chi connectivity index (χ4n) is 2.50. The third-order valence-electron chi connectivity index (χ3n) is 4.13. The van der Waals surface area contributed by atoms with Gasteiger partial charge in [-0.2, -0.15) is 0 Å². The van der Waals surface area contributed by atoms with Gasteiger partial charge >= 0.3 is 0 Å². The lowest BCUT2D eigenvalue weighted by Gasteiger charge is -2.18. The number of likely N-dealkylation sites (N-methyl/N-ethyl adjacent to an activating group) is 1. The molecule has 0 bridgehead atoms. The summed E-state index contributed by atoms with van der Waals surface area (Å²) in [6.45, 7) is 7.87. The zero-order chi connectivity index (χ0) is 18.1. The summed E-state index contributed by atoms with van der Waals surface area (Å²) in [5.41, 5.74) is 7.48.